The summed E-state index contributed by atoms with van der Waals surface area (Å²) in [5.41, 5.74) is 3.44. The summed E-state index contributed by atoms with van der Waals surface area (Å²) in [5.74, 6) is -0.0172. The van der Waals surface area contributed by atoms with E-state index in [2.05, 4.69) is 15.6 Å². The fourth-order valence-corrected chi connectivity index (χ4v) is 2.28. The molecule has 90 valence electrons. The Morgan fingerprint density at radius 3 is 3.12 bits per heavy atom. The molecular weight excluding hydrogens is 234 g/mol. The van der Waals surface area contributed by atoms with E-state index in [0.29, 0.717) is 12.1 Å². The van der Waals surface area contributed by atoms with Crippen LogP contribution in [-0.2, 0) is 0 Å². The van der Waals surface area contributed by atoms with Crippen molar-refractivity contribution in [1.82, 2.24) is 15.6 Å². The van der Waals surface area contributed by atoms with E-state index in [4.69, 9.17) is 0 Å². The van der Waals surface area contributed by atoms with Crippen LogP contribution in [0.2, 0.25) is 0 Å². The highest BCUT2D eigenvalue weighted by Crippen LogP contribution is 2.18. The van der Waals surface area contributed by atoms with Crippen molar-refractivity contribution < 1.29 is 4.79 Å². The molecular formula is C12H15N3OS. The van der Waals surface area contributed by atoms with Crippen LogP contribution < -0.4 is 10.6 Å². The minimum atomic E-state index is -0.0172. The van der Waals surface area contributed by atoms with Crippen LogP contribution in [0.3, 0.4) is 0 Å². The lowest BCUT2D eigenvalue weighted by atomic mass is 10.2. The maximum absolute atomic E-state index is 11.8. The topological polar surface area (TPSA) is 54.0 Å². The molecule has 0 unspecified atom stereocenters. The van der Waals surface area contributed by atoms with Crippen LogP contribution in [0.5, 0.6) is 0 Å². The van der Waals surface area contributed by atoms with Crippen molar-refractivity contribution >= 4 is 27.5 Å². The van der Waals surface area contributed by atoms with Gasteiger partial charge in [-0.1, -0.05) is 0 Å². The van der Waals surface area contributed by atoms with Gasteiger partial charge in [0.1, 0.15) is 0 Å². The van der Waals surface area contributed by atoms with Crippen LogP contribution in [0.1, 0.15) is 16.8 Å². The molecule has 0 aliphatic carbocycles. The van der Waals surface area contributed by atoms with Gasteiger partial charge in [-0.05, 0) is 38.2 Å². The summed E-state index contributed by atoms with van der Waals surface area (Å²) >= 11 is 1.55. The third-order valence-electron chi connectivity index (χ3n) is 2.48. The van der Waals surface area contributed by atoms with Crippen molar-refractivity contribution in [2.45, 2.75) is 6.42 Å². The molecule has 0 aliphatic rings. The van der Waals surface area contributed by atoms with Crippen LogP contribution in [0.15, 0.2) is 23.7 Å². The molecule has 0 aliphatic heterocycles. The number of fused-ring (bicyclic) bond motifs is 1. The van der Waals surface area contributed by atoms with E-state index in [0.717, 1.165) is 23.2 Å². The minimum absolute atomic E-state index is 0.0172. The van der Waals surface area contributed by atoms with E-state index in [1.807, 2.05) is 25.2 Å². The molecule has 0 radical (unpaired) electrons. The zero-order valence-corrected chi connectivity index (χ0v) is 10.5. The Bertz CT molecular complexity index is 509. The van der Waals surface area contributed by atoms with Crippen molar-refractivity contribution in [3.8, 4) is 0 Å². The number of amides is 1. The normalized spacial score (nSPS) is 10.6. The third kappa shape index (κ3) is 3.01. The van der Waals surface area contributed by atoms with E-state index in [1.54, 1.807) is 16.8 Å². The smallest absolute Gasteiger partial charge is 0.251 e. The molecule has 2 N–H and O–H groups in total. The lowest BCUT2D eigenvalue weighted by molar-refractivity contribution is 0.0953. The summed E-state index contributed by atoms with van der Waals surface area (Å²) in [6, 6.07) is 5.59. The largest absolute Gasteiger partial charge is 0.352 e. The second kappa shape index (κ2) is 5.75. The fraction of sp³-hybridized carbons (Fsp3) is 0.333. The molecule has 1 heterocycles. The molecule has 1 aromatic heterocycles. The molecule has 17 heavy (non-hydrogen) atoms. The van der Waals surface area contributed by atoms with Crippen LogP contribution in [0, 0.1) is 0 Å². The maximum atomic E-state index is 11.8. The number of benzene rings is 1. The van der Waals surface area contributed by atoms with Gasteiger partial charge in [-0.25, -0.2) is 4.98 Å². The van der Waals surface area contributed by atoms with Crippen molar-refractivity contribution in [1.29, 1.82) is 0 Å². The molecule has 0 fully saturated rings. The summed E-state index contributed by atoms with van der Waals surface area (Å²) in [5, 5.41) is 5.94. The molecule has 0 atom stereocenters. The van der Waals surface area contributed by atoms with Gasteiger partial charge >= 0.3 is 0 Å². The third-order valence-corrected chi connectivity index (χ3v) is 3.27. The second-order valence-corrected chi connectivity index (χ2v) is 4.63. The van der Waals surface area contributed by atoms with Crippen LogP contribution in [0.25, 0.3) is 10.2 Å². The molecule has 0 bridgehead atoms. The molecule has 4 nitrogen and oxygen atoms in total. The summed E-state index contributed by atoms with van der Waals surface area (Å²) < 4.78 is 1.05. The van der Waals surface area contributed by atoms with Crippen LogP contribution in [-0.4, -0.2) is 31.0 Å². The van der Waals surface area contributed by atoms with E-state index in [9.17, 15) is 4.79 Å². The van der Waals surface area contributed by atoms with Gasteiger partial charge in [0, 0.05) is 12.1 Å². The van der Waals surface area contributed by atoms with Crippen molar-refractivity contribution in [2.24, 2.45) is 0 Å². The van der Waals surface area contributed by atoms with Crippen molar-refractivity contribution in [2.75, 3.05) is 20.1 Å². The van der Waals surface area contributed by atoms with Crippen molar-refractivity contribution in [3.63, 3.8) is 0 Å². The first kappa shape index (κ1) is 12.0. The van der Waals surface area contributed by atoms with Gasteiger partial charge in [0.2, 0.25) is 0 Å². The van der Waals surface area contributed by atoms with Gasteiger partial charge in [-0.2, -0.15) is 0 Å². The van der Waals surface area contributed by atoms with Crippen LogP contribution in [0.4, 0.5) is 0 Å². The molecule has 2 aromatic rings. The molecule has 0 spiro atoms. The number of nitrogens with zero attached hydrogens (tertiary/aromatic N) is 1. The second-order valence-electron chi connectivity index (χ2n) is 3.75. The lowest BCUT2D eigenvalue weighted by Crippen LogP contribution is -2.26. The molecule has 0 saturated heterocycles. The number of aromatic nitrogens is 1. The average Bonchev–Trinajstić information content (AvgIpc) is 2.81. The molecule has 1 amide bonds. The SMILES string of the molecule is CNCCCNC(=O)c1ccc2ncsc2c1. The number of thiazole rings is 1. The molecule has 1 aromatic carbocycles. The summed E-state index contributed by atoms with van der Waals surface area (Å²) in [4.78, 5) is 16.0. The first-order chi connectivity index (χ1) is 8.31. The Labute approximate surface area is 104 Å². The van der Waals surface area contributed by atoms with Gasteiger partial charge in [0.05, 0.1) is 15.7 Å². The van der Waals surface area contributed by atoms with E-state index < -0.39 is 0 Å². The predicted molar refractivity (Wildman–Crippen MR) is 70.5 cm³/mol. The first-order valence-corrected chi connectivity index (χ1v) is 6.45. The lowest BCUT2D eigenvalue weighted by Gasteiger charge is -2.04. The Morgan fingerprint density at radius 1 is 1.41 bits per heavy atom. The Kier molecular flexibility index (Phi) is 4.06. The van der Waals surface area contributed by atoms with Gasteiger partial charge < -0.3 is 10.6 Å². The van der Waals surface area contributed by atoms with Gasteiger partial charge in [-0.15, -0.1) is 11.3 Å². The Morgan fingerprint density at radius 2 is 2.29 bits per heavy atom. The van der Waals surface area contributed by atoms with E-state index >= 15 is 0 Å². The highest BCUT2D eigenvalue weighted by atomic mass is 32.1. The fourth-order valence-electron chi connectivity index (χ4n) is 1.57. The van der Waals surface area contributed by atoms with Gasteiger partial charge in [0.15, 0.2) is 0 Å². The quantitative estimate of drug-likeness (QED) is 0.792. The zero-order valence-electron chi connectivity index (χ0n) is 9.69. The van der Waals surface area contributed by atoms with E-state index in [1.165, 1.54) is 0 Å². The van der Waals surface area contributed by atoms with Gasteiger partial charge in [-0.3, -0.25) is 4.79 Å². The zero-order chi connectivity index (χ0) is 12.1. The first-order valence-electron chi connectivity index (χ1n) is 5.57. The number of hydrogen-bond acceptors (Lipinski definition) is 4. The highest BCUT2D eigenvalue weighted by Gasteiger charge is 2.06. The monoisotopic (exact) mass is 249 g/mol. The summed E-state index contributed by atoms with van der Waals surface area (Å²) in [6.07, 6.45) is 0.936. The van der Waals surface area contributed by atoms with Crippen LogP contribution >= 0.6 is 11.3 Å². The molecule has 5 heteroatoms. The molecule has 0 saturated carbocycles. The predicted octanol–water partition coefficient (Wildman–Crippen LogP) is 1.64. The Balaban J connectivity index is 1.98. The highest BCUT2D eigenvalue weighted by molar-refractivity contribution is 7.16. The van der Waals surface area contributed by atoms with Gasteiger partial charge in [0.25, 0.3) is 5.91 Å². The number of carbonyl (C=O) groups excluding carboxylic acids is 1. The maximum Gasteiger partial charge on any atom is 0.251 e. The minimum Gasteiger partial charge on any atom is -0.352 e. The summed E-state index contributed by atoms with van der Waals surface area (Å²) in [7, 11) is 1.90. The summed E-state index contributed by atoms with van der Waals surface area (Å²) in [6.45, 7) is 1.61. The van der Waals surface area contributed by atoms with Crippen molar-refractivity contribution in [3.05, 3.63) is 29.3 Å². The number of hydrogen-bond donors (Lipinski definition) is 2. The number of carbonyl (C=O) groups is 1. The Hall–Kier alpha value is -1.46. The number of nitrogens with one attached hydrogen (secondary N) is 2. The molecule has 2 rings (SSSR count). The standard InChI is InChI=1S/C12H15N3OS/c1-13-5-2-6-14-12(16)9-3-4-10-11(7-9)17-8-15-10/h3-4,7-8,13H,2,5-6H2,1H3,(H,14,16). The average molecular weight is 249 g/mol. The number of rotatable bonds is 5. The van der Waals surface area contributed by atoms with E-state index in [-0.39, 0.29) is 5.91 Å².